The number of carbonyl (C=O) groups excluding carboxylic acids is 1. The van der Waals surface area contributed by atoms with Gasteiger partial charge in [0.2, 0.25) is 0 Å². The van der Waals surface area contributed by atoms with E-state index in [9.17, 15) is 9.90 Å². The Balaban J connectivity index is 2.19. The van der Waals surface area contributed by atoms with Crippen LogP contribution in [0.25, 0.3) is 0 Å². The number of aliphatic hydroxyl groups is 1. The zero-order valence-electron chi connectivity index (χ0n) is 13.5. The predicted molar refractivity (Wildman–Crippen MR) is 88.5 cm³/mol. The van der Waals surface area contributed by atoms with Crippen LogP contribution in [0.5, 0.6) is 0 Å². The Kier molecular flexibility index (Phi) is 7.15. The van der Waals surface area contributed by atoms with Crippen molar-refractivity contribution in [2.75, 3.05) is 26.4 Å². The molecule has 6 heteroatoms. The number of nitrogens with zero attached hydrogens (tertiary/aromatic N) is 1. The smallest absolute Gasteiger partial charge is 0.410 e. The fourth-order valence-corrected chi connectivity index (χ4v) is 2.91. The number of rotatable bonds is 5. The van der Waals surface area contributed by atoms with Crippen molar-refractivity contribution >= 4 is 17.7 Å². The summed E-state index contributed by atoms with van der Waals surface area (Å²) in [7, 11) is 0. The second-order valence-corrected chi connectivity index (χ2v) is 6.03. The molecule has 0 spiro atoms. The van der Waals surface area contributed by atoms with E-state index in [1.807, 2.05) is 12.1 Å². The van der Waals surface area contributed by atoms with Gasteiger partial charge in [-0.05, 0) is 30.0 Å². The van der Waals surface area contributed by atoms with Crippen molar-refractivity contribution in [3.63, 3.8) is 0 Å². The summed E-state index contributed by atoms with van der Waals surface area (Å²) in [5.41, 5.74) is 1.56. The first kappa shape index (κ1) is 18.0. The summed E-state index contributed by atoms with van der Waals surface area (Å²) in [5, 5.41) is 9.73. The van der Waals surface area contributed by atoms with E-state index in [4.69, 9.17) is 21.1 Å². The highest BCUT2D eigenvalue weighted by Crippen LogP contribution is 2.31. The topological polar surface area (TPSA) is 59.0 Å². The molecular weight excluding hydrogens is 318 g/mol. The van der Waals surface area contributed by atoms with Gasteiger partial charge in [-0.3, -0.25) is 4.90 Å². The van der Waals surface area contributed by atoms with Crippen molar-refractivity contribution in [1.29, 1.82) is 0 Å². The first-order chi connectivity index (χ1) is 11.2. The summed E-state index contributed by atoms with van der Waals surface area (Å²) in [5.74, 6) is 0. The highest BCUT2D eigenvalue weighted by Gasteiger charge is 2.29. The molecule has 1 aliphatic heterocycles. The molecule has 1 fully saturated rings. The minimum atomic E-state index is -0.323. The molecule has 2 rings (SSSR count). The van der Waals surface area contributed by atoms with E-state index >= 15 is 0 Å². The van der Waals surface area contributed by atoms with Crippen molar-refractivity contribution in [2.24, 2.45) is 0 Å². The van der Waals surface area contributed by atoms with Gasteiger partial charge in [-0.25, -0.2) is 4.79 Å². The molecule has 0 aromatic heterocycles. The van der Waals surface area contributed by atoms with E-state index in [2.05, 4.69) is 6.92 Å². The second-order valence-electron chi connectivity index (χ2n) is 5.62. The molecule has 1 aromatic rings. The molecule has 1 saturated heterocycles. The number of amides is 1. The van der Waals surface area contributed by atoms with Crippen LogP contribution in [-0.2, 0) is 16.1 Å². The van der Waals surface area contributed by atoms with Crippen LogP contribution >= 0.6 is 11.6 Å². The first-order valence-electron chi connectivity index (χ1n) is 8.07. The van der Waals surface area contributed by atoms with Crippen molar-refractivity contribution in [2.45, 2.75) is 38.8 Å². The number of carbonyl (C=O) groups is 1. The van der Waals surface area contributed by atoms with Gasteiger partial charge in [0.15, 0.2) is 0 Å². The molecule has 0 aliphatic carbocycles. The Morgan fingerprint density at radius 3 is 3.04 bits per heavy atom. The van der Waals surface area contributed by atoms with Gasteiger partial charge in [-0.15, -0.1) is 0 Å². The Bertz CT molecular complexity index is 523. The third-order valence-corrected chi connectivity index (χ3v) is 4.23. The molecule has 23 heavy (non-hydrogen) atoms. The summed E-state index contributed by atoms with van der Waals surface area (Å²) >= 11 is 6.35. The zero-order chi connectivity index (χ0) is 16.7. The Morgan fingerprint density at radius 1 is 1.52 bits per heavy atom. The molecule has 1 unspecified atom stereocenters. The molecule has 1 atom stereocenters. The molecule has 1 N–H and O–H groups in total. The molecule has 1 aliphatic rings. The van der Waals surface area contributed by atoms with E-state index in [1.54, 1.807) is 11.0 Å². The quantitative estimate of drug-likeness (QED) is 0.832. The molecule has 1 amide bonds. The van der Waals surface area contributed by atoms with Gasteiger partial charge >= 0.3 is 6.09 Å². The van der Waals surface area contributed by atoms with Crippen molar-refractivity contribution < 1.29 is 19.4 Å². The van der Waals surface area contributed by atoms with Gasteiger partial charge in [0.25, 0.3) is 0 Å². The summed E-state index contributed by atoms with van der Waals surface area (Å²) in [4.78, 5) is 14.1. The van der Waals surface area contributed by atoms with Gasteiger partial charge < -0.3 is 14.6 Å². The Hall–Kier alpha value is -1.30. The predicted octanol–water partition coefficient (Wildman–Crippen LogP) is 3.53. The molecule has 1 aromatic carbocycles. The van der Waals surface area contributed by atoms with E-state index in [-0.39, 0.29) is 18.7 Å². The minimum absolute atomic E-state index is 0.0655. The number of hydrogen-bond donors (Lipinski definition) is 1. The Labute approximate surface area is 142 Å². The number of halogens is 1. The van der Waals surface area contributed by atoms with Crippen LogP contribution in [0.4, 0.5) is 4.79 Å². The second kappa shape index (κ2) is 9.11. The third-order valence-electron chi connectivity index (χ3n) is 3.90. The van der Waals surface area contributed by atoms with Crippen molar-refractivity contribution in [3.05, 3.63) is 34.3 Å². The average Bonchev–Trinajstić information content (AvgIpc) is 2.80. The maximum absolute atomic E-state index is 12.4. The monoisotopic (exact) mass is 341 g/mol. The average molecular weight is 342 g/mol. The third kappa shape index (κ3) is 4.83. The molecule has 0 saturated carbocycles. The molecule has 0 radical (unpaired) electrons. The Morgan fingerprint density at radius 2 is 2.35 bits per heavy atom. The van der Waals surface area contributed by atoms with E-state index < -0.39 is 0 Å². The SMILES string of the molecule is CCCCOC(=O)N1CCCOCC1c1ccc(CO)cc1Cl. The molecule has 0 bridgehead atoms. The van der Waals surface area contributed by atoms with Crippen LogP contribution in [0.15, 0.2) is 18.2 Å². The summed E-state index contributed by atoms with van der Waals surface area (Å²) < 4.78 is 11.0. The van der Waals surface area contributed by atoms with E-state index in [1.165, 1.54) is 0 Å². The number of benzene rings is 1. The van der Waals surface area contributed by atoms with Crippen molar-refractivity contribution in [3.8, 4) is 0 Å². The highest BCUT2D eigenvalue weighted by atomic mass is 35.5. The zero-order valence-corrected chi connectivity index (χ0v) is 14.2. The van der Waals surface area contributed by atoms with Crippen LogP contribution in [0, 0.1) is 0 Å². The lowest BCUT2D eigenvalue weighted by Gasteiger charge is -2.29. The first-order valence-corrected chi connectivity index (χ1v) is 8.45. The maximum Gasteiger partial charge on any atom is 0.410 e. The summed E-state index contributed by atoms with van der Waals surface area (Å²) in [6, 6.07) is 5.11. The fourth-order valence-electron chi connectivity index (χ4n) is 2.58. The molecule has 5 nitrogen and oxygen atoms in total. The number of aliphatic hydroxyl groups excluding tert-OH is 1. The normalized spacial score (nSPS) is 18.6. The summed E-state index contributed by atoms with van der Waals surface area (Å²) in [6.07, 6.45) is 2.28. The number of unbranched alkanes of at least 4 members (excludes halogenated alkanes) is 1. The lowest BCUT2D eigenvalue weighted by Crippen LogP contribution is -2.37. The van der Waals surface area contributed by atoms with Gasteiger partial charge in [-0.2, -0.15) is 0 Å². The fraction of sp³-hybridized carbons (Fsp3) is 0.588. The van der Waals surface area contributed by atoms with Gasteiger partial charge in [0.05, 0.1) is 25.9 Å². The summed E-state index contributed by atoms with van der Waals surface area (Å²) in [6.45, 7) is 4.00. The van der Waals surface area contributed by atoms with Crippen molar-refractivity contribution in [1.82, 2.24) is 4.90 Å². The highest BCUT2D eigenvalue weighted by molar-refractivity contribution is 6.31. The number of ether oxygens (including phenoxy) is 2. The van der Waals surface area contributed by atoms with Gasteiger partial charge in [0.1, 0.15) is 0 Å². The standard InChI is InChI=1S/C17H24ClNO4/c1-2-3-9-23-17(21)19-7-4-8-22-12-16(19)14-6-5-13(11-20)10-15(14)18/h5-6,10,16,20H,2-4,7-9,11-12H2,1H3. The van der Waals surface area contributed by atoms with Crippen LogP contribution < -0.4 is 0 Å². The van der Waals surface area contributed by atoms with Gasteiger partial charge in [0, 0.05) is 18.2 Å². The van der Waals surface area contributed by atoms with Crippen LogP contribution in [0.2, 0.25) is 5.02 Å². The molecular formula is C17H24ClNO4. The van der Waals surface area contributed by atoms with E-state index in [0.717, 1.165) is 30.4 Å². The number of hydrogen-bond acceptors (Lipinski definition) is 4. The maximum atomic E-state index is 12.4. The minimum Gasteiger partial charge on any atom is -0.449 e. The van der Waals surface area contributed by atoms with Crippen LogP contribution in [0.3, 0.4) is 0 Å². The van der Waals surface area contributed by atoms with Crippen LogP contribution in [0.1, 0.15) is 43.4 Å². The largest absolute Gasteiger partial charge is 0.449 e. The molecule has 1 heterocycles. The lowest BCUT2D eigenvalue weighted by molar-refractivity contribution is 0.0685. The van der Waals surface area contributed by atoms with Crippen LogP contribution in [-0.4, -0.2) is 42.5 Å². The van der Waals surface area contributed by atoms with Gasteiger partial charge in [-0.1, -0.05) is 37.1 Å². The van der Waals surface area contributed by atoms with E-state index in [0.29, 0.717) is 31.4 Å². The lowest BCUT2D eigenvalue weighted by atomic mass is 10.0. The molecule has 128 valence electrons.